The molecule has 1 aliphatic heterocycles. The predicted molar refractivity (Wildman–Crippen MR) is 115 cm³/mol. The van der Waals surface area contributed by atoms with E-state index in [1.54, 1.807) is 20.2 Å². The zero-order chi connectivity index (χ0) is 21.7. The summed E-state index contributed by atoms with van der Waals surface area (Å²) in [6.45, 7) is 4.30. The molecule has 1 saturated heterocycles. The number of nitrogens with zero attached hydrogens (tertiary/aromatic N) is 2. The van der Waals surface area contributed by atoms with E-state index in [0.29, 0.717) is 50.1 Å². The van der Waals surface area contributed by atoms with Gasteiger partial charge in [0.05, 0.1) is 13.2 Å². The van der Waals surface area contributed by atoms with Gasteiger partial charge in [0.25, 0.3) is 0 Å². The molecule has 1 amide bonds. The van der Waals surface area contributed by atoms with Crippen LogP contribution in [0.15, 0.2) is 36.4 Å². The molecule has 7 heteroatoms. The molecule has 2 aromatic rings. The topological polar surface area (TPSA) is 61.9 Å². The van der Waals surface area contributed by atoms with Gasteiger partial charge in [0.2, 0.25) is 5.91 Å². The van der Waals surface area contributed by atoms with Crippen LogP contribution in [0.4, 0.5) is 10.1 Å². The van der Waals surface area contributed by atoms with Gasteiger partial charge in [-0.05, 0) is 61.9 Å². The van der Waals surface area contributed by atoms with Crippen LogP contribution in [0.1, 0.15) is 21.5 Å². The van der Waals surface area contributed by atoms with Crippen molar-refractivity contribution in [1.29, 1.82) is 0 Å². The Balaban J connectivity index is 1.64. The Kier molecular flexibility index (Phi) is 7.05. The Bertz CT molecular complexity index is 911. The number of ether oxygens (including phenoxy) is 1. The van der Waals surface area contributed by atoms with Crippen LogP contribution in [0.2, 0.25) is 0 Å². The number of likely N-dealkylation sites (N-methyl/N-ethyl adjacent to an activating group) is 1. The highest BCUT2D eigenvalue weighted by Gasteiger charge is 2.28. The second-order valence-corrected chi connectivity index (χ2v) is 7.47. The van der Waals surface area contributed by atoms with Crippen molar-refractivity contribution in [3.8, 4) is 5.75 Å². The molecule has 160 valence electrons. The standard InChI is InChI=1S/C23H28FN3O3/c1-16-12-20(30-3)6-4-17(16)14-21(25-2)23(29)27-10-8-26(9-11-27)22-7-5-19(24)13-18(22)15-28/h4-7,12-13,15,21,25H,8-11,14H2,1-3H3. The summed E-state index contributed by atoms with van der Waals surface area (Å²) in [6.07, 6.45) is 1.27. The fraction of sp³-hybridized carbons (Fsp3) is 0.391. The van der Waals surface area contributed by atoms with E-state index in [1.165, 1.54) is 12.1 Å². The van der Waals surface area contributed by atoms with E-state index in [2.05, 4.69) is 5.32 Å². The first kappa shape index (κ1) is 21.8. The van der Waals surface area contributed by atoms with E-state index in [1.807, 2.05) is 34.9 Å². The Morgan fingerprint density at radius 1 is 1.20 bits per heavy atom. The molecule has 30 heavy (non-hydrogen) atoms. The summed E-state index contributed by atoms with van der Waals surface area (Å²) in [6, 6.07) is 9.78. The molecule has 2 aromatic carbocycles. The SMILES string of the molecule is CNC(Cc1ccc(OC)cc1C)C(=O)N1CCN(c2ccc(F)cc2C=O)CC1. The number of hydrogen-bond acceptors (Lipinski definition) is 5. The zero-order valence-electron chi connectivity index (χ0n) is 17.7. The number of benzene rings is 2. The fourth-order valence-electron chi connectivity index (χ4n) is 3.85. The van der Waals surface area contributed by atoms with Crippen molar-refractivity contribution in [3.63, 3.8) is 0 Å². The summed E-state index contributed by atoms with van der Waals surface area (Å²) < 4.78 is 18.7. The predicted octanol–water partition coefficient (Wildman–Crippen LogP) is 2.43. The van der Waals surface area contributed by atoms with Gasteiger partial charge in [-0.25, -0.2) is 4.39 Å². The highest BCUT2D eigenvalue weighted by Crippen LogP contribution is 2.23. The van der Waals surface area contributed by atoms with Gasteiger partial charge in [0.1, 0.15) is 11.6 Å². The number of piperazine rings is 1. The van der Waals surface area contributed by atoms with Crippen LogP contribution in [0, 0.1) is 12.7 Å². The van der Waals surface area contributed by atoms with Gasteiger partial charge in [-0.3, -0.25) is 9.59 Å². The lowest BCUT2D eigenvalue weighted by molar-refractivity contribution is -0.133. The molecular formula is C23H28FN3O3. The number of aldehydes is 1. The fourth-order valence-corrected chi connectivity index (χ4v) is 3.85. The third kappa shape index (κ3) is 4.79. The van der Waals surface area contributed by atoms with E-state index >= 15 is 0 Å². The number of carbonyl (C=O) groups is 2. The molecule has 0 aliphatic carbocycles. The maximum absolute atomic E-state index is 13.4. The summed E-state index contributed by atoms with van der Waals surface area (Å²) in [5.41, 5.74) is 3.23. The van der Waals surface area contributed by atoms with Crippen LogP contribution < -0.4 is 15.0 Å². The first-order chi connectivity index (χ1) is 14.5. The van der Waals surface area contributed by atoms with Crippen molar-refractivity contribution < 1.29 is 18.7 Å². The number of carbonyl (C=O) groups excluding carboxylic acids is 2. The Morgan fingerprint density at radius 2 is 1.93 bits per heavy atom. The average molecular weight is 413 g/mol. The largest absolute Gasteiger partial charge is 0.497 e. The van der Waals surface area contributed by atoms with Gasteiger partial charge < -0.3 is 19.9 Å². The lowest BCUT2D eigenvalue weighted by Gasteiger charge is -2.38. The minimum Gasteiger partial charge on any atom is -0.497 e. The highest BCUT2D eigenvalue weighted by atomic mass is 19.1. The monoisotopic (exact) mass is 413 g/mol. The average Bonchev–Trinajstić information content (AvgIpc) is 2.77. The van der Waals surface area contributed by atoms with Crippen LogP contribution in [0.3, 0.4) is 0 Å². The van der Waals surface area contributed by atoms with Crippen molar-refractivity contribution >= 4 is 17.9 Å². The minimum atomic E-state index is -0.430. The number of methoxy groups -OCH3 is 1. The van der Waals surface area contributed by atoms with Crippen LogP contribution >= 0.6 is 0 Å². The molecule has 1 heterocycles. The second kappa shape index (κ2) is 9.71. The van der Waals surface area contributed by atoms with Crippen LogP contribution in [0.25, 0.3) is 0 Å². The molecule has 3 rings (SSSR count). The van der Waals surface area contributed by atoms with Gasteiger partial charge in [-0.1, -0.05) is 6.07 Å². The van der Waals surface area contributed by atoms with Crippen molar-refractivity contribution in [2.45, 2.75) is 19.4 Å². The zero-order valence-corrected chi connectivity index (χ0v) is 17.7. The quantitative estimate of drug-likeness (QED) is 0.707. The molecule has 0 radical (unpaired) electrons. The molecule has 6 nitrogen and oxygen atoms in total. The van der Waals surface area contributed by atoms with Gasteiger partial charge in [0.15, 0.2) is 6.29 Å². The Morgan fingerprint density at radius 3 is 2.53 bits per heavy atom. The van der Waals surface area contributed by atoms with E-state index < -0.39 is 5.82 Å². The number of anilines is 1. The summed E-state index contributed by atoms with van der Waals surface area (Å²) in [4.78, 5) is 28.3. The maximum atomic E-state index is 13.4. The number of hydrogen-bond donors (Lipinski definition) is 1. The third-order valence-electron chi connectivity index (χ3n) is 5.67. The summed E-state index contributed by atoms with van der Waals surface area (Å²) in [7, 11) is 3.44. The first-order valence-electron chi connectivity index (χ1n) is 10.1. The molecular weight excluding hydrogens is 385 g/mol. The van der Waals surface area contributed by atoms with Crippen molar-refractivity contribution in [1.82, 2.24) is 10.2 Å². The number of halogens is 1. The molecule has 1 N–H and O–H groups in total. The van der Waals surface area contributed by atoms with Crippen LogP contribution in [-0.4, -0.2) is 63.5 Å². The molecule has 1 aliphatic rings. The molecule has 1 fully saturated rings. The summed E-state index contributed by atoms with van der Waals surface area (Å²) in [5.74, 6) is 0.428. The second-order valence-electron chi connectivity index (χ2n) is 7.47. The van der Waals surface area contributed by atoms with Gasteiger partial charge in [0, 0.05) is 37.4 Å². The number of nitrogens with one attached hydrogen (secondary N) is 1. The first-order valence-corrected chi connectivity index (χ1v) is 10.1. The lowest BCUT2D eigenvalue weighted by atomic mass is 9.99. The lowest BCUT2D eigenvalue weighted by Crippen LogP contribution is -2.54. The summed E-state index contributed by atoms with van der Waals surface area (Å²) >= 11 is 0. The van der Waals surface area contributed by atoms with Crippen LogP contribution in [0.5, 0.6) is 5.75 Å². The highest BCUT2D eigenvalue weighted by molar-refractivity contribution is 5.85. The third-order valence-corrected chi connectivity index (χ3v) is 5.67. The number of rotatable bonds is 7. The molecule has 1 atom stereocenters. The summed E-state index contributed by atoms with van der Waals surface area (Å²) in [5, 5.41) is 3.15. The van der Waals surface area contributed by atoms with E-state index in [4.69, 9.17) is 4.74 Å². The minimum absolute atomic E-state index is 0.0575. The van der Waals surface area contributed by atoms with E-state index in [0.717, 1.165) is 16.9 Å². The van der Waals surface area contributed by atoms with E-state index in [9.17, 15) is 14.0 Å². The van der Waals surface area contributed by atoms with Crippen molar-refractivity contribution in [2.75, 3.05) is 45.2 Å². The van der Waals surface area contributed by atoms with E-state index in [-0.39, 0.29) is 11.9 Å². The van der Waals surface area contributed by atoms with Gasteiger partial charge >= 0.3 is 0 Å². The van der Waals surface area contributed by atoms with Gasteiger partial charge in [-0.2, -0.15) is 0 Å². The molecule has 0 saturated carbocycles. The van der Waals surface area contributed by atoms with Crippen molar-refractivity contribution in [3.05, 3.63) is 58.9 Å². The van der Waals surface area contributed by atoms with Gasteiger partial charge in [-0.15, -0.1) is 0 Å². The smallest absolute Gasteiger partial charge is 0.240 e. The molecule has 0 bridgehead atoms. The Hall–Kier alpha value is -2.93. The van der Waals surface area contributed by atoms with Crippen LogP contribution in [-0.2, 0) is 11.2 Å². The Labute approximate surface area is 176 Å². The number of aryl methyl sites for hydroxylation is 1. The maximum Gasteiger partial charge on any atom is 0.240 e. The molecule has 0 aromatic heterocycles. The molecule has 1 unspecified atom stereocenters. The molecule has 0 spiro atoms. The van der Waals surface area contributed by atoms with Crippen molar-refractivity contribution in [2.24, 2.45) is 0 Å². The normalized spacial score (nSPS) is 15.1. The number of amides is 1.